The quantitative estimate of drug-likeness (QED) is 0.771. The van der Waals surface area contributed by atoms with Gasteiger partial charge >= 0.3 is 0 Å². The molecule has 0 aromatic rings. The molecule has 0 aromatic carbocycles. The van der Waals surface area contributed by atoms with Gasteiger partial charge in [-0.3, -0.25) is 4.79 Å². The molecule has 2 bridgehead atoms. The van der Waals surface area contributed by atoms with Gasteiger partial charge in [0.15, 0.2) is 0 Å². The Morgan fingerprint density at radius 1 is 1.12 bits per heavy atom. The first kappa shape index (κ1) is 18.3. The number of carbonyl (C=O) groups excluding carboxylic acids is 1. The van der Waals surface area contributed by atoms with Gasteiger partial charge in [0.1, 0.15) is 5.78 Å². The minimum absolute atomic E-state index is 0.110. The lowest BCUT2D eigenvalue weighted by Crippen LogP contribution is -2.67. The van der Waals surface area contributed by atoms with Gasteiger partial charge < -0.3 is 5.11 Å². The number of aliphatic hydroxyl groups is 1. The Labute approximate surface area is 157 Å². The molecule has 0 aliphatic heterocycles. The average molecular weight is 365 g/mol. The molecule has 5 rings (SSSR count). The SMILES string of the molecule is CSC[C@H]1[C@H]2CC[C@@]3(CC[C@H]4[C@@](C)(CCC[C@@]4(C)C(C)=O)[C@@H]3C2)[C@@H]1O. The summed E-state index contributed by atoms with van der Waals surface area (Å²) in [5.41, 5.74) is 0.269. The van der Waals surface area contributed by atoms with Crippen LogP contribution >= 0.6 is 11.8 Å². The minimum atomic E-state index is -0.130. The predicted molar refractivity (Wildman–Crippen MR) is 105 cm³/mol. The average Bonchev–Trinajstić information content (AvgIpc) is 2.57. The molecule has 5 saturated carbocycles. The number of thioether (sulfide) groups is 1. The molecule has 5 aliphatic rings. The predicted octanol–water partition coefficient (Wildman–Crippen LogP) is 4.94. The molecule has 0 aromatic heterocycles. The fourth-order valence-electron chi connectivity index (χ4n) is 8.32. The van der Waals surface area contributed by atoms with Crippen molar-refractivity contribution in [3.8, 4) is 0 Å². The molecule has 0 saturated heterocycles. The summed E-state index contributed by atoms with van der Waals surface area (Å²) >= 11 is 1.91. The van der Waals surface area contributed by atoms with E-state index in [0.29, 0.717) is 29.5 Å². The van der Waals surface area contributed by atoms with Crippen molar-refractivity contribution >= 4 is 17.5 Å². The van der Waals surface area contributed by atoms with Gasteiger partial charge in [-0.25, -0.2) is 0 Å². The van der Waals surface area contributed by atoms with Crippen LogP contribution in [0.2, 0.25) is 0 Å². The van der Waals surface area contributed by atoms with Crippen LogP contribution in [-0.2, 0) is 4.79 Å². The van der Waals surface area contributed by atoms with Crippen molar-refractivity contribution in [3.05, 3.63) is 0 Å². The van der Waals surface area contributed by atoms with Crippen LogP contribution in [-0.4, -0.2) is 29.0 Å². The number of Topliss-reactive ketones (excluding diaryl/α,β-unsaturated/α-hetero) is 1. The zero-order chi connectivity index (χ0) is 18.0. The Hall–Kier alpha value is -0.0200. The van der Waals surface area contributed by atoms with E-state index in [0.717, 1.165) is 25.0 Å². The highest BCUT2D eigenvalue weighted by Crippen LogP contribution is 2.72. The molecule has 5 fully saturated rings. The Morgan fingerprint density at radius 3 is 2.52 bits per heavy atom. The van der Waals surface area contributed by atoms with E-state index in [1.165, 1.54) is 32.1 Å². The lowest BCUT2D eigenvalue weighted by molar-refractivity contribution is -0.238. The summed E-state index contributed by atoms with van der Waals surface area (Å²) in [5.74, 6) is 3.88. The molecular weight excluding hydrogens is 328 g/mol. The second-order valence-corrected chi connectivity index (χ2v) is 11.2. The van der Waals surface area contributed by atoms with Crippen LogP contribution in [0.1, 0.15) is 72.1 Å². The number of rotatable bonds is 3. The Balaban J connectivity index is 1.72. The number of hydrogen-bond acceptors (Lipinski definition) is 3. The lowest BCUT2D eigenvalue weighted by Gasteiger charge is -2.70. The first-order valence-corrected chi connectivity index (χ1v) is 11.9. The highest BCUT2D eigenvalue weighted by Gasteiger charge is 2.67. The molecule has 3 heteroatoms. The number of fused-ring (bicyclic) bond motifs is 3. The molecule has 0 amide bonds. The zero-order valence-electron chi connectivity index (χ0n) is 16.5. The molecule has 0 radical (unpaired) electrons. The maximum Gasteiger partial charge on any atom is 0.135 e. The lowest BCUT2D eigenvalue weighted by atomic mass is 9.35. The Morgan fingerprint density at radius 2 is 1.84 bits per heavy atom. The number of carbonyl (C=O) groups is 1. The third-order valence-electron chi connectivity index (χ3n) is 9.65. The third-order valence-corrected chi connectivity index (χ3v) is 10.4. The number of hydrogen-bond donors (Lipinski definition) is 1. The summed E-state index contributed by atoms with van der Waals surface area (Å²) < 4.78 is 0. The highest BCUT2D eigenvalue weighted by atomic mass is 32.2. The molecule has 25 heavy (non-hydrogen) atoms. The maximum absolute atomic E-state index is 12.6. The normalized spacial score (nSPS) is 54.7. The van der Waals surface area contributed by atoms with Crippen molar-refractivity contribution in [1.29, 1.82) is 0 Å². The van der Waals surface area contributed by atoms with E-state index < -0.39 is 0 Å². The van der Waals surface area contributed by atoms with Crippen molar-refractivity contribution in [2.75, 3.05) is 12.0 Å². The van der Waals surface area contributed by atoms with Gasteiger partial charge in [0.25, 0.3) is 0 Å². The molecule has 0 heterocycles. The summed E-state index contributed by atoms with van der Waals surface area (Å²) in [6, 6.07) is 0. The fourth-order valence-corrected chi connectivity index (χ4v) is 9.16. The van der Waals surface area contributed by atoms with E-state index in [9.17, 15) is 9.90 Å². The molecule has 142 valence electrons. The minimum Gasteiger partial charge on any atom is -0.392 e. The first-order valence-electron chi connectivity index (χ1n) is 10.5. The van der Waals surface area contributed by atoms with E-state index in [-0.39, 0.29) is 22.3 Å². The molecule has 2 nitrogen and oxygen atoms in total. The summed E-state index contributed by atoms with van der Waals surface area (Å²) in [6.07, 6.45) is 11.8. The maximum atomic E-state index is 12.6. The van der Waals surface area contributed by atoms with Gasteiger partial charge in [0.2, 0.25) is 0 Å². The second-order valence-electron chi connectivity index (χ2n) is 10.3. The fraction of sp³-hybridized carbons (Fsp3) is 0.955. The highest BCUT2D eigenvalue weighted by molar-refractivity contribution is 7.98. The van der Waals surface area contributed by atoms with E-state index in [1.54, 1.807) is 0 Å². The van der Waals surface area contributed by atoms with Crippen LogP contribution in [0.4, 0.5) is 0 Å². The van der Waals surface area contributed by atoms with Crippen molar-refractivity contribution < 1.29 is 9.90 Å². The summed E-state index contributed by atoms with van der Waals surface area (Å²) in [7, 11) is 0. The van der Waals surface area contributed by atoms with E-state index in [2.05, 4.69) is 20.1 Å². The van der Waals surface area contributed by atoms with E-state index >= 15 is 0 Å². The van der Waals surface area contributed by atoms with Crippen LogP contribution < -0.4 is 0 Å². The first-order chi connectivity index (χ1) is 11.8. The summed E-state index contributed by atoms with van der Waals surface area (Å²) in [4.78, 5) is 12.6. The third kappa shape index (κ3) is 2.30. The van der Waals surface area contributed by atoms with Gasteiger partial charge in [0, 0.05) is 5.41 Å². The van der Waals surface area contributed by atoms with Gasteiger partial charge in [-0.2, -0.15) is 11.8 Å². The van der Waals surface area contributed by atoms with E-state index in [1.807, 2.05) is 18.7 Å². The van der Waals surface area contributed by atoms with Crippen LogP contribution in [0, 0.1) is 39.9 Å². The molecule has 1 N–H and O–H groups in total. The van der Waals surface area contributed by atoms with Crippen LogP contribution in [0.5, 0.6) is 0 Å². The van der Waals surface area contributed by atoms with Gasteiger partial charge in [0.05, 0.1) is 6.10 Å². The van der Waals surface area contributed by atoms with Gasteiger partial charge in [-0.05, 0) is 98.4 Å². The van der Waals surface area contributed by atoms with E-state index in [4.69, 9.17) is 0 Å². The van der Waals surface area contributed by atoms with Crippen LogP contribution in [0.15, 0.2) is 0 Å². The molecular formula is C22H36O2S. The van der Waals surface area contributed by atoms with Gasteiger partial charge in [-0.1, -0.05) is 20.3 Å². The second kappa shape index (κ2) is 5.99. The molecule has 0 unspecified atom stereocenters. The van der Waals surface area contributed by atoms with Crippen molar-refractivity contribution in [1.82, 2.24) is 0 Å². The van der Waals surface area contributed by atoms with Crippen LogP contribution in [0.25, 0.3) is 0 Å². The van der Waals surface area contributed by atoms with Crippen molar-refractivity contribution in [2.45, 2.75) is 78.2 Å². The molecule has 1 spiro atoms. The zero-order valence-corrected chi connectivity index (χ0v) is 17.3. The standard InChI is InChI=1S/C22H36O2S/c1-14(23)20(2)8-5-9-21(3)17(20)7-11-22-10-6-15(12-18(21)22)16(13-25-4)19(22)24/h15-19,24H,5-13H2,1-4H3/t15-,16-,17+,18-,19+,20-,21+,22-/m0/s1. The Bertz CT molecular complexity index is 562. The topological polar surface area (TPSA) is 37.3 Å². The smallest absolute Gasteiger partial charge is 0.135 e. The summed E-state index contributed by atoms with van der Waals surface area (Å²) in [6.45, 7) is 6.58. The monoisotopic (exact) mass is 364 g/mol. The summed E-state index contributed by atoms with van der Waals surface area (Å²) in [5, 5.41) is 11.4. The van der Waals surface area contributed by atoms with Crippen LogP contribution in [0.3, 0.4) is 0 Å². The largest absolute Gasteiger partial charge is 0.392 e. The number of ketones is 1. The van der Waals surface area contributed by atoms with Crippen molar-refractivity contribution in [3.63, 3.8) is 0 Å². The molecule has 5 aliphatic carbocycles. The Kier molecular flexibility index (Phi) is 4.40. The van der Waals surface area contributed by atoms with Gasteiger partial charge in [-0.15, -0.1) is 0 Å². The number of aliphatic hydroxyl groups excluding tert-OH is 1. The molecule has 8 atom stereocenters. The van der Waals surface area contributed by atoms with Crippen molar-refractivity contribution in [2.24, 2.45) is 39.9 Å².